The minimum absolute atomic E-state index is 0.0285. The van der Waals surface area contributed by atoms with Gasteiger partial charge in [-0.1, -0.05) is 51.4 Å². The number of sulfone groups is 1. The first-order chi connectivity index (χ1) is 13.5. The average Bonchev–Trinajstić information content (AvgIpc) is 2.65. The highest BCUT2D eigenvalue weighted by Crippen LogP contribution is 2.25. The Morgan fingerprint density at radius 2 is 1.86 bits per heavy atom. The lowest BCUT2D eigenvalue weighted by Gasteiger charge is -2.31. The normalized spacial score (nSPS) is 13.0. The molecule has 2 aromatic rings. The molecule has 0 aromatic heterocycles. The number of halogens is 2. The van der Waals surface area contributed by atoms with Crippen molar-refractivity contribution in [1.29, 1.82) is 0 Å². The Kier molecular flexibility index (Phi) is 7.30. The van der Waals surface area contributed by atoms with Crippen LogP contribution in [0, 0.1) is 11.2 Å². The number of rotatable bonds is 7. The molecule has 0 saturated carbocycles. The van der Waals surface area contributed by atoms with Crippen molar-refractivity contribution in [3.05, 3.63) is 58.9 Å². The van der Waals surface area contributed by atoms with Crippen LogP contribution in [-0.4, -0.2) is 32.7 Å². The largest absolute Gasteiger partial charge is 0.488 e. The van der Waals surface area contributed by atoms with Gasteiger partial charge >= 0.3 is 0 Å². The van der Waals surface area contributed by atoms with Gasteiger partial charge in [0.25, 0.3) is 5.91 Å². The van der Waals surface area contributed by atoms with Gasteiger partial charge in [0.05, 0.1) is 27.3 Å². The first kappa shape index (κ1) is 23.2. The van der Waals surface area contributed by atoms with E-state index in [9.17, 15) is 17.6 Å². The molecule has 158 valence electrons. The Labute approximate surface area is 176 Å². The third-order valence-electron chi connectivity index (χ3n) is 4.51. The maximum Gasteiger partial charge on any atom is 0.253 e. The number of benzene rings is 2. The molecule has 1 atom stereocenters. The fraction of sp³-hybridized carbons (Fsp3) is 0.381. The monoisotopic (exact) mass is 441 g/mol. The van der Waals surface area contributed by atoms with Crippen LogP contribution in [0.5, 0.6) is 5.75 Å². The van der Waals surface area contributed by atoms with E-state index in [-0.39, 0.29) is 33.6 Å². The summed E-state index contributed by atoms with van der Waals surface area (Å²) < 4.78 is 43.6. The fourth-order valence-electron chi connectivity index (χ4n) is 2.52. The predicted molar refractivity (Wildman–Crippen MR) is 112 cm³/mol. The molecule has 2 rings (SSSR count). The third-order valence-corrected chi connectivity index (χ3v) is 6.58. The lowest BCUT2D eigenvalue weighted by Crippen LogP contribution is -2.47. The highest BCUT2D eigenvalue weighted by atomic mass is 35.5. The van der Waals surface area contributed by atoms with Crippen LogP contribution in [0.25, 0.3) is 0 Å². The van der Waals surface area contributed by atoms with E-state index in [1.807, 2.05) is 20.8 Å². The Morgan fingerprint density at radius 3 is 2.45 bits per heavy atom. The molecular weight excluding hydrogens is 417 g/mol. The number of para-hydroxylation sites is 1. The van der Waals surface area contributed by atoms with E-state index in [0.717, 1.165) is 0 Å². The molecule has 2 aromatic carbocycles. The van der Waals surface area contributed by atoms with E-state index >= 15 is 0 Å². The molecule has 0 bridgehead atoms. The molecule has 0 aliphatic rings. The van der Waals surface area contributed by atoms with Gasteiger partial charge in [-0.25, -0.2) is 12.8 Å². The van der Waals surface area contributed by atoms with Gasteiger partial charge in [0.15, 0.2) is 21.4 Å². The Morgan fingerprint density at radius 1 is 1.21 bits per heavy atom. The molecule has 0 aliphatic heterocycles. The second kappa shape index (κ2) is 9.13. The second-order valence-electron chi connectivity index (χ2n) is 7.68. The maximum atomic E-state index is 13.8. The second-order valence-corrected chi connectivity index (χ2v) is 10.4. The zero-order valence-electron chi connectivity index (χ0n) is 16.8. The summed E-state index contributed by atoms with van der Waals surface area (Å²) in [7, 11) is -3.48. The highest BCUT2D eigenvalue weighted by molar-refractivity contribution is 7.91. The van der Waals surface area contributed by atoms with E-state index < -0.39 is 33.0 Å². The van der Waals surface area contributed by atoms with E-state index in [1.165, 1.54) is 37.3 Å². The summed E-state index contributed by atoms with van der Waals surface area (Å²) in [6.45, 7) is 7.27. The number of carbonyl (C=O) groups is 1. The first-order valence-corrected chi connectivity index (χ1v) is 11.2. The van der Waals surface area contributed by atoms with Crippen molar-refractivity contribution in [3.8, 4) is 5.75 Å². The smallest absolute Gasteiger partial charge is 0.253 e. The van der Waals surface area contributed by atoms with Gasteiger partial charge in [0.2, 0.25) is 0 Å². The van der Waals surface area contributed by atoms with Crippen LogP contribution in [-0.2, 0) is 9.84 Å². The Bertz CT molecular complexity index is 986. The summed E-state index contributed by atoms with van der Waals surface area (Å²) in [5.41, 5.74) is -0.359. The molecule has 0 radical (unpaired) electrons. The van der Waals surface area contributed by atoms with Crippen molar-refractivity contribution in [3.63, 3.8) is 0 Å². The zero-order valence-corrected chi connectivity index (χ0v) is 18.4. The number of ether oxygens (including phenoxy) is 1. The van der Waals surface area contributed by atoms with Crippen LogP contribution in [0.4, 0.5) is 4.39 Å². The van der Waals surface area contributed by atoms with E-state index in [2.05, 4.69) is 5.32 Å². The number of hydrogen-bond acceptors (Lipinski definition) is 4. The standard InChI is InChI=1S/C21H25ClFNO4S/c1-5-29(26,27)14-10-11-16(22)15(12-14)20(25)24-19(21(2,3)4)13-28-18-9-7-6-8-17(18)23/h6-12,19H,5,13H2,1-4H3,(H,24,25). The molecule has 0 spiro atoms. The predicted octanol–water partition coefficient (Wildman–Crippen LogP) is 4.50. The molecule has 1 unspecified atom stereocenters. The van der Waals surface area contributed by atoms with Crippen molar-refractivity contribution >= 4 is 27.3 Å². The number of carbonyl (C=O) groups excluding carboxylic acids is 1. The number of nitrogens with one attached hydrogen (secondary N) is 1. The molecule has 8 heteroatoms. The first-order valence-electron chi connectivity index (χ1n) is 9.16. The van der Waals surface area contributed by atoms with Crippen LogP contribution in [0.2, 0.25) is 5.02 Å². The summed E-state index contributed by atoms with van der Waals surface area (Å²) in [6, 6.07) is 9.56. The summed E-state index contributed by atoms with van der Waals surface area (Å²) in [5.74, 6) is -1.02. The molecule has 0 aliphatic carbocycles. The molecule has 0 saturated heterocycles. The zero-order chi connectivity index (χ0) is 21.8. The molecule has 1 amide bonds. The van der Waals surface area contributed by atoms with Gasteiger partial charge in [0, 0.05) is 0 Å². The van der Waals surface area contributed by atoms with Crippen molar-refractivity contribution < 1.29 is 22.3 Å². The minimum Gasteiger partial charge on any atom is -0.488 e. The summed E-state index contributed by atoms with van der Waals surface area (Å²) in [5, 5.41) is 2.97. The van der Waals surface area contributed by atoms with Crippen molar-refractivity contribution in [1.82, 2.24) is 5.32 Å². The molecule has 0 fully saturated rings. The lowest BCUT2D eigenvalue weighted by molar-refractivity contribution is 0.0860. The van der Waals surface area contributed by atoms with Gasteiger partial charge in [-0.05, 0) is 35.7 Å². The number of hydrogen-bond donors (Lipinski definition) is 1. The Hall–Kier alpha value is -2.12. The summed E-state index contributed by atoms with van der Waals surface area (Å²) in [6.07, 6.45) is 0. The fourth-order valence-corrected chi connectivity index (χ4v) is 3.63. The average molecular weight is 442 g/mol. The van der Waals surface area contributed by atoms with Crippen molar-refractivity contribution in [2.75, 3.05) is 12.4 Å². The van der Waals surface area contributed by atoms with E-state index in [1.54, 1.807) is 12.1 Å². The molecular formula is C21H25ClFNO4S. The van der Waals surface area contributed by atoms with Crippen LogP contribution < -0.4 is 10.1 Å². The van der Waals surface area contributed by atoms with Crippen LogP contribution in [0.1, 0.15) is 38.1 Å². The van der Waals surface area contributed by atoms with E-state index in [0.29, 0.717) is 0 Å². The lowest BCUT2D eigenvalue weighted by atomic mass is 9.87. The highest BCUT2D eigenvalue weighted by Gasteiger charge is 2.29. The van der Waals surface area contributed by atoms with E-state index in [4.69, 9.17) is 16.3 Å². The number of amides is 1. The van der Waals surface area contributed by atoms with Gasteiger partial charge in [-0.2, -0.15) is 0 Å². The van der Waals surface area contributed by atoms with Crippen LogP contribution in [0.3, 0.4) is 0 Å². The van der Waals surface area contributed by atoms with Gasteiger partial charge < -0.3 is 10.1 Å². The molecule has 29 heavy (non-hydrogen) atoms. The minimum atomic E-state index is -3.48. The summed E-state index contributed by atoms with van der Waals surface area (Å²) in [4.78, 5) is 12.9. The maximum absolute atomic E-state index is 13.8. The molecule has 0 heterocycles. The topological polar surface area (TPSA) is 72.5 Å². The van der Waals surface area contributed by atoms with Gasteiger partial charge in [0.1, 0.15) is 6.61 Å². The van der Waals surface area contributed by atoms with Crippen molar-refractivity contribution in [2.45, 2.75) is 38.6 Å². The quantitative estimate of drug-likeness (QED) is 0.686. The van der Waals surface area contributed by atoms with Gasteiger partial charge in [-0.3, -0.25) is 4.79 Å². The Balaban J connectivity index is 2.24. The van der Waals surface area contributed by atoms with Gasteiger partial charge in [-0.15, -0.1) is 0 Å². The summed E-state index contributed by atoms with van der Waals surface area (Å²) >= 11 is 6.14. The van der Waals surface area contributed by atoms with Crippen LogP contribution >= 0.6 is 11.6 Å². The SMILES string of the molecule is CCS(=O)(=O)c1ccc(Cl)c(C(=O)NC(COc2ccccc2F)C(C)(C)C)c1. The molecule has 5 nitrogen and oxygen atoms in total. The van der Waals surface area contributed by atoms with Crippen molar-refractivity contribution in [2.24, 2.45) is 5.41 Å². The molecule has 1 N–H and O–H groups in total. The van der Waals surface area contributed by atoms with Crippen LogP contribution in [0.15, 0.2) is 47.4 Å². The third kappa shape index (κ3) is 5.93.